The highest BCUT2D eigenvalue weighted by Gasteiger charge is 2.13. The van der Waals surface area contributed by atoms with Crippen LogP contribution in [-0.2, 0) is 9.53 Å². The van der Waals surface area contributed by atoms with E-state index in [2.05, 4.69) is 10.1 Å². The maximum atomic E-state index is 12.1. The molecule has 6 nitrogen and oxygen atoms in total. The number of methoxy groups -OCH3 is 1. The van der Waals surface area contributed by atoms with Crippen LogP contribution >= 0.6 is 11.8 Å². The molecule has 0 saturated carbocycles. The molecule has 1 aliphatic heterocycles. The van der Waals surface area contributed by atoms with Gasteiger partial charge in [-0.3, -0.25) is 4.79 Å². The van der Waals surface area contributed by atoms with E-state index in [4.69, 9.17) is 9.47 Å². The SMILES string of the molecule is COC(=O)c1cccc(NC(=O)CSc2ccc3c(c2)OCCO3)c1. The summed E-state index contributed by atoms with van der Waals surface area (Å²) in [6.45, 7) is 1.07. The van der Waals surface area contributed by atoms with Crippen LogP contribution in [0.15, 0.2) is 47.4 Å². The number of nitrogens with one attached hydrogen (secondary N) is 1. The van der Waals surface area contributed by atoms with E-state index in [9.17, 15) is 9.59 Å². The van der Waals surface area contributed by atoms with Crippen molar-refractivity contribution in [2.45, 2.75) is 4.90 Å². The van der Waals surface area contributed by atoms with E-state index < -0.39 is 5.97 Å². The predicted molar refractivity (Wildman–Crippen MR) is 94.6 cm³/mol. The fourth-order valence-electron chi connectivity index (χ4n) is 2.30. The number of hydrogen-bond acceptors (Lipinski definition) is 6. The van der Waals surface area contributed by atoms with Crippen LogP contribution < -0.4 is 14.8 Å². The van der Waals surface area contributed by atoms with Gasteiger partial charge in [-0.15, -0.1) is 11.8 Å². The van der Waals surface area contributed by atoms with Gasteiger partial charge in [0.15, 0.2) is 11.5 Å². The Balaban J connectivity index is 1.57. The average Bonchev–Trinajstić information content (AvgIpc) is 2.65. The van der Waals surface area contributed by atoms with E-state index >= 15 is 0 Å². The van der Waals surface area contributed by atoms with Crippen molar-refractivity contribution in [2.75, 3.05) is 31.4 Å². The van der Waals surface area contributed by atoms with Gasteiger partial charge in [0.05, 0.1) is 18.4 Å². The Bertz CT molecular complexity index is 793. The smallest absolute Gasteiger partial charge is 0.337 e. The standard InChI is InChI=1S/C18H17NO5S/c1-22-18(21)12-3-2-4-13(9-12)19-17(20)11-25-14-5-6-15-16(10-14)24-8-7-23-15/h2-6,9-10H,7-8,11H2,1H3,(H,19,20). The summed E-state index contributed by atoms with van der Waals surface area (Å²) >= 11 is 1.40. The lowest BCUT2D eigenvalue weighted by molar-refractivity contribution is -0.113. The largest absolute Gasteiger partial charge is 0.486 e. The molecule has 1 heterocycles. The summed E-state index contributed by atoms with van der Waals surface area (Å²) < 4.78 is 15.7. The fraction of sp³-hybridized carbons (Fsp3) is 0.222. The van der Waals surface area contributed by atoms with E-state index in [0.29, 0.717) is 30.2 Å². The third-order valence-electron chi connectivity index (χ3n) is 3.45. The van der Waals surface area contributed by atoms with Crippen LogP contribution in [0, 0.1) is 0 Å². The molecule has 0 unspecified atom stereocenters. The van der Waals surface area contributed by atoms with E-state index in [1.165, 1.54) is 18.9 Å². The number of carbonyl (C=O) groups excluding carboxylic acids is 2. The van der Waals surface area contributed by atoms with Crippen LogP contribution in [0.1, 0.15) is 10.4 Å². The second-order valence-electron chi connectivity index (χ2n) is 5.21. The van der Waals surface area contributed by atoms with E-state index in [1.54, 1.807) is 24.3 Å². The molecule has 25 heavy (non-hydrogen) atoms. The van der Waals surface area contributed by atoms with Crippen molar-refractivity contribution in [1.82, 2.24) is 0 Å². The molecule has 0 saturated heterocycles. The van der Waals surface area contributed by atoms with Crippen molar-refractivity contribution < 1.29 is 23.8 Å². The van der Waals surface area contributed by atoms with Crippen LogP contribution in [0.3, 0.4) is 0 Å². The summed E-state index contributed by atoms with van der Waals surface area (Å²) in [5.74, 6) is 1.05. The van der Waals surface area contributed by atoms with Crippen LogP contribution in [0.4, 0.5) is 5.69 Å². The van der Waals surface area contributed by atoms with Crippen molar-refractivity contribution in [3.8, 4) is 11.5 Å². The Labute approximate surface area is 149 Å². The molecular formula is C18H17NO5S. The molecule has 1 N–H and O–H groups in total. The summed E-state index contributed by atoms with van der Waals surface area (Å²) in [5.41, 5.74) is 0.940. The number of esters is 1. The molecule has 0 aliphatic carbocycles. The first-order valence-electron chi connectivity index (χ1n) is 7.66. The lowest BCUT2D eigenvalue weighted by Crippen LogP contribution is -2.15. The molecule has 2 aromatic rings. The highest BCUT2D eigenvalue weighted by atomic mass is 32.2. The van der Waals surface area contributed by atoms with Gasteiger partial charge in [0.2, 0.25) is 5.91 Å². The molecule has 1 amide bonds. The number of anilines is 1. The molecule has 7 heteroatoms. The zero-order valence-electron chi connectivity index (χ0n) is 13.6. The zero-order valence-corrected chi connectivity index (χ0v) is 14.4. The zero-order chi connectivity index (χ0) is 17.6. The van der Waals surface area contributed by atoms with Crippen LogP contribution in [-0.4, -0.2) is 38.0 Å². The Morgan fingerprint density at radius 2 is 1.92 bits per heavy atom. The third-order valence-corrected chi connectivity index (χ3v) is 4.44. The first kappa shape index (κ1) is 17.2. The number of hydrogen-bond donors (Lipinski definition) is 1. The van der Waals surface area contributed by atoms with Gasteiger partial charge < -0.3 is 19.5 Å². The molecule has 0 atom stereocenters. The molecule has 0 bridgehead atoms. The maximum absolute atomic E-state index is 12.1. The van der Waals surface area contributed by atoms with Gasteiger partial charge in [-0.25, -0.2) is 4.79 Å². The lowest BCUT2D eigenvalue weighted by atomic mass is 10.2. The minimum Gasteiger partial charge on any atom is -0.486 e. The number of ether oxygens (including phenoxy) is 3. The molecule has 0 fully saturated rings. The number of thioether (sulfide) groups is 1. The van der Waals surface area contributed by atoms with Gasteiger partial charge in [-0.2, -0.15) is 0 Å². The lowest BCUT2D eigenvalue weighted by Gasteiger charge is -2.18. The van der Waals surface area contributed by atoms with Gasteiger partial charge in [0, 0.05) is 10.6 Å². The summed E-state index contributed by atoms with van der Waals surface area (Å²) in [4.78, 5) is 24.6. The first-order valence-corrected chi connectivity index (χ1v) is 8.65. The summed E-state index contributed by atoms with van der Waals surface area (Å²) in [5, 5.41) is 2.77. The second kappa shape index (κ2) is 7.94. The van der Waals surface area contributed by atoms with Crippen molar-refractivity contribution in [1.29, 1.82) is 0 Å². The Morgan fingerprint density at radius 1 is 1.12 bits per heavy atom. The van der Waals surface area contributed by atoms with Crippen LogP contribution in [0.5, 0.6) is 11.5 Å². The number of fused-ring (bicyclic) bond motifs is 1. The molecule has 2 aromatic carbocycles. The highest BCUT2D eigenvalue weighted by molar-refractivity contribution is 8.00. The second-order valence-corrected chi connectivity index (χ2v) is 6.26. The van der Waals surface area contributed by atoms with Gasteiger partial charge in [-0.05, 0) is 36.4 Å². The normalized spacial score (nSPS) is 12.4. The topological polar surface area (TPSA) is 73.9 Å². The molecular weight excluding hydrogens is 342 g/mol. The summed E-state index contributed by atoms with van der Waals surface area (Å²) in [6, 6.07) is 12.2. The summed E-state index contributed by atoms with van der Waals surface area (Å²) in [6.07, 6.45) is 0. The van der Waals surface area contributed by atoms with Crippen molar-refractivity contribution in [2.24, 2.45) is 0 Å². The quantitative estimate of drug-likeness (QED) is 0.654. The summed E-state index contributed by atoms with van der Waals surface area (Å²) in [7, 11) is 1.32. The van der Waals surface area contributed by atoms with Gasteiger partial charge in [-0.1, -0.05) is 6.07 Å². The van der Waals surface area contributed by atoms with Crippen LogP contribution in [0.25, 0.3) is 0 Å². The number of rotatable bonds is 5. The first-order chi connectivity index (χ1) is 12.2. The minimum atomic E-state index is -0.443. The fourth-order valence-corrected chi connectivity index (χ4v) is 3.03. The molecule has 0 spiro atoms. The van der Waals surface area contributed by atoms with E-state index in [0.717, 1.165) is 10.6 Å². The van der Waals surface area contributed by atoms with E-state index in [1.807, 2.05) is 18.2 Å². The van der Waals surface area contributed by atoms with Gasteiger partial charge >= 0.3 is 5.97 Å². The van der Waals surface area contributed by atoms with Gasteiger partial charge in [0.25, 0.3) is 0 Å². The number of benzene rings is 2. The maximum Gasteiger partial charge on any atom is 0.337 e. The Kier molecular flexibility index (Phi) is 5.45. The molecule has 0 radical (unpaired) electrons. The van der Waals surface area contributed by atoms with Crippen molar-refractivity contribution in [3.05, 3.63) is 48.0 Å². The molecule has 1 aliphatic rings. The van der Waals surface area contributed by atoms with Crippen molar-refractivity contribution in [3.63, 3.8) is 0 Å². The third kappa shape index (κ3) is 4.45. The van der Waals surface area contributed by atoms with E-state index in [-0.39, 0.29) is 11.7 Å². The number of amides is 1. The minimum absolute atomic E-state index is 0.165. The molecule has 3 rings (SSSR count). The van der Waals surface area contributed by atoms with Gasteiger partial charge in [0.1, 0.15) is 13.2 Å². The predicted octanol–water partition coefficient (Wildman–Crippen LogP) is 2.98. The Hall–Kier alpha value is -2.67. The molecule has 130 valence electrons. The average molecular weight is 359 g/mol. The van der Waals surface area contributed by atoms with Crippen molar-refractivity contribution >= 4 is 29.3 Å². The monoisotopic (exact) mass is 359 g/mol. The molecule has 0 aromatic heterocycles. The Morgan fingerprint density at radius 3 is 2.72 bits per heavy atom. The van der Waals surface area contributed by atoms with Crippen LogP contribution in [0.2, 0.25) is 0 Å². The number of carbonyl (C=O) groups is 2. The highest BCUT2D eigenvalue weighted by Crippen LogP contribution is 2.34.